The quantitative estimate of drug-likeness (QED) is 0.624. The summed E-state index contributed by atoms with van der Waals surface area (Å²) in [4.78, 5) is 0. The first-order chi connectivity index (χ1) is 5.81. The number of rotatable bonds is 0. The molecule has 0 radical (unpaired) electrons. The van der Waals surface area contributed by atoms with Crippen LogP contribution in [-0.2, 0) is 0 Å². The molecular weight excluding hydrogens is 148 g/mol. The van der Waals surface area contributed by atoms with E-state index in [0.29, 0.717) is 5.75 Å². The average Bonchev–Trinajstić information content (AvgIpc) is 2.11. The Morgan fingerprint density at radius 1 is 1.00 bits per heavy atom. The van der Waals surface area contributed by atoms with Gasteiger partial charge >= 0.3 is 0 Å². The molecule has 0 aliphatic carbocycles. The van der Waals surface area contributed by atoms with Crippen molar-refractivity contribution in [1.82, 2.24) is 0 Å². The lowest BCUT2D eigenvalue weighted by atomic mass is 10.3. The molecule has 0 spiro atoms. The lowest BCUT2D eigenvalue weighted by Crippen LogP contribution is -1.56. The molecule has 0 heterocycles. The molecule has 0 aliphatic rings. The molecule has 0 aromatic heterocycles. The molecule has 0 aliphatic heterocycles. The summed E-state index contributed by atoms with van der Waals surface area (Å²) in [6.07, 6.45) is 1.25. The summed E-state index contributed by atoms with van der Waals surface area (Å²) in [5, 5.41) is 8.63. The Hall–Kier alpha value is -0.980. The van der Waals surface area contributed by atoms with Gasteiger partial charge in [-0.1, -0.05) is 52.3 Å². The van der Waals surface area contributed by atoms with E-state index < -0.39 is 0 Å². The van der Waals surface area contributed by atoms with Crippen molar-refractivity contribution >= 4 is 0 Å². The molecule has 1 rings (SSSR count). The summed E-state index contributed by atoms with van der Waals surface area (Å²) in [6, 6.07) is 8.71. The number of para-hydroxylation sites is 1. The van der Waals surface area contributed by atoms with Gasteiger partial charge in [-0.05, 0) is 12.1 Å². The lowest BCUT2D eigenvalue weighted by Gasteiger charge is -1.82. The Labute approximate surface area is 76.1 Å². The Balaban J connectivity index is 0. The lowest BCUT2D eigenvalue weighted by molar-refractivity contribution is 0.475. The zero-order valence-electron chi connectivity index (χ0n) is 8.54. The normalized spacial score (nSPS) is 7.00. The summed E-state index contributed by atoms with van der Waals surface area (Å²) in [7, 11) is 0. The molecule has 70 valence electrons. The van der Waals surface area contributed by atoms with E-state index in [-0.39, 0.29) is 0 Å². The number of benzene rings is 1. The van der Waals surface area contributed by atoms with Gasteiger partial charge in [0, 0.05) is 0 Å². The van der Waals surface area contributed by atoms with E-state index in [1.165, 1.54) is 6.42 Å². The monoisotopic (exact) mass is 168 g/mol. The Morgan fingerprint density at radius 2 is 1.33 bits per heavy atom. The Kier molecular flexibility index (Phi) is 14.4. The SMILES string of the molecule is CC.CCC.Oc1ccccc1. The van der Waals surface area contributed by atoms with Gasteiger partial charge in [0.1, 0.15) is 5.75 Å². The molecule has 0 amide bonds. The van der Waals surface area contributed by atoms with Crippen LogP contribution in [0.15, 0.2) is 30.3 Å². The minimum absolute atomic E-state index is 0.322. The molecule has 1 aromatic carbocycles. The number of aromatic hydroxyl groups is 1. The molecule has 0 bridgehead atoms. The van der Waals surface area contributed by atoms with Crippen LogP contribution >= 0.6 is 0 Å². The maximum absolute atomic E-state index is 8.63. The second-order valence-electron chi connectivity index (χ2n) is 2.04. The van der Waals surface area contributed by atoms with E-state index in [1.54, 1.807) is 24.3 Å². The van der Waals surface area contributed by atoms with Crippen molar-refractivity contribution < 1.29 is 5.11 Å². The summed E-state index contributed by atoms with van der Waals surface area (Å²) in [5.41, 5.74) is 0. The topological polar surface area (TPSA) is 20.2 Å². The molecule has 1 nitrogen and oxygen atoms in total. The average molecular weight is 168 g/mol. The molecule has 0 unspecified atom stereocenters. The van der Waals surface area contributed by atoms with E-state index in [0.717, 1.165) is 0 Å². The maximum atomic E-state index is 8.63. The van der Waals surface area contributed by atoms with Gasteiger partial charge in [0.25, 0.3) is 0 Å². The van der Waals surface area contributed by atoms with Crippen molar-refractivity contribution in [2.24, 2.45) is 0 Å². The van der Waals surface area contributed by atoms with Gasteiger partial charge in [-0.25, -0.2) is 0 Å². The minimum Gasteiger partial charge on any atom is -0.508 e. The number of phenols is 1. The first-order valence-corrected chi connectivity index (χ1v) is 4.55. The van der Waals surface area contributed by atoms with Crippen LogP contribution < -0.4 is 0 Å². The van der Waals surface area contributed by atoms with E-state index in [1.807, 2.05) is 19.9 Å². The Bertz CT molecular complexity index is 146. The molecule has 0 saturated carbocycles. The summed E-state index contributed by atoms with van der Waals surface area (Å²) >= 11 is 0. The van der Waals surface area contributed by atoms with Crippen molar-refractivity contribution in [3.8, 4) is 5.75 Å². The predicted octanol–water partition coefficient (Wildman–Crippen LogP) is 3.83. The second kappa shape index (κ2) is 12.7. The van der Waals surface area contributed by atoms with Crippen molar-refractivity contribution in [1.29, 1.82) is 0 Å². The third-order valence-electron chi connectivity index (χ3n) is 0.756. The highest BCUT2D eigenvalue weighted by atomic mass is 16.3. The zero-order valence-corrected chi connectivity index (χ0v) is 8.54. The standard InChI is InChI=1S/C6H6O.C3H8.C2H6/c7-6-4-2-1-3-5-6;1-3-2;1-2/h1-5,7H;3H2,1-2H3;1-2H3. The highest BCUT2D eigenvalue weighted by Gasteiger charge is 1.74. The number of hydrogen-bond acceptors (Lipinski definition) is 1. The van der Waals surface area contributed by atoms with Crippen molar-refractivity contribution in [3.63, 3.8) is 0 Å². The van der Waals surface area contributed by atoms with Gasteiger partial charge in [0.2, 0.25) is 0 Å². The molecule has 1 heteroatoms. The van der Waals surface area contributed by atoms with Gasteiger partial charge in [-0.3, -0.25) is 0 Å². The minimum atomic E-state index is 0.322. The Morgan fingerprint density at radius 3 is 1.50 bits per heavy atom. The fraction of sp³-hybridized carbons (Fsp3) is 0.455. The second-order valence-corrected chi connectivity index (χ2v) is 2.04. The summed E-state index contributed by atoms with van der Waals surface area (Å²) in [5.74, 6) is 0.322. The largest absolute Gasteiger partial charge is 0.508 e. The highest BCUT2D eigenvalue weighted by molar-refractivity contribution is 5.18. The van der Waals surface area contributed by atoms with Crippen molar-refractivity contribution in [2.75, 3.05) is 0 Å². The van der Waals surface area contributed by atoms with Gasteiger partial charge < -0.3 is 5.11 Å². The molecule has 1 aromatic rings. The van der Waals surface area contributed by atoms with Crippen LogP contribution in [0, 0.1) is 0 Å². The van der Waals surface area contributed by atoms with Crippen LogP contribution in [0.2, 0.25) is 0 Å². The maximum Gasteiger partial charge on any atom is 0.115 e. The third-order valence-corrected chi connectivity index (χ3v) is 0.756. The van der Waals surface area contributed by atoms with Crippen LogP contribution in [-0.4, -0.2) is 5.11 Å². The van der Waals surface area contributed by atoms with Crippen LogP contribution in [0.4, 0.5) is 0 Å². The smallest absolute Gasteiger partial charge is 0.115 e. The van der Waals surface area contributed by atoms with E-state index >= 15 is 0 Å². The first-order valence-electron chi connectivity index (χ1n) is 4.55. The fourth-order valence-electron chi connectivity index (χ4n) is 0.428. The van der Waals surface area contributed by atoms with Gasteiger partial charge in [0.05, 0.1) is 0 Å². The van der Waals surface area contributed by atoms with Crippen LogP contribution in [0.25, 0.3) is 0 Å². The molecule has 12 heavy (non-hydrogen) atoms. The van der Waals surface area contributed by atoms with E-state index in [4.69, 9.17) is 5.11 Å². The molecule has 0 saturated heterocycles. The summed E-state index contributed by atoms with van der Waals surface area (Å²) < 4.78 is 0. The van der Waals surface area contributed by atoms with Crippen molar-refractivity contribution in [3.05, 3.63) is 30.3 Å². The van der Waals surface area contributed by atoms with Gasteiger partial charge in [-0.15, -0.1) is 0 Å². The predicted molar refractivity (Wildman–Crippen MR) is 55.4 cm³/mol. The molecule has 1 N–H and O–H groups in total. The van der Waals surface area contributed by atoms with Crippen LogP contribution in [0.3, 0.4) is 0 Å². The number of phenolic OH excluding ortho intramolecular Hbond substituents is 1. The first kappa shape index (κ1) is 13.6. The fourth-order valence-corrected chi connectivity index (χ4v) is 0.428. The van der Waals surface area contributed by atoms with E-state index in [9.17, 15) is 0 Å². The van der Waals surface area contributed by atoms with E-state index in [2.05, 4.69) is 13.8 Å². The van der Waals surface area contributed by atoms with Gasteiger partial charge in [-0.2, -0.15) is 0 Å². The molecule has 0 fully saturated rings. The summed E-state index contributed by atoms with van der Waals surface area (Å²) in [6.45, 7) is 8.25. The highest BCUT2D eigenvalue weighted by Crippen LogP contribution is 2.02. The van der Waals surface area contributed by atoms with Crippen LogP contribution in [0.1, 0.15) is 34.1 Å². The molecule has 0 atom stereocenters. The zero-order chi connectivity index (χ0) is 9.82. The number of hydrogen-bond donors (Lipinski definition) is 1. The third kappa shape index (κ3) is 11.8. The van der Waals surface area contributed by atoms with Gasteiger partial charge in [0.15, 0.2) is 0 Å². The van der Waals surface area contributed by atoms with Crippen molar-refractivity contribution in [2.45, 2.75) is 34.1 Å². The molecular formula is C11H20O. The van der Waals surface area contributed by atoms with Crippen LogP contribution in [0.5, 0.6) is 5.75 Å².